The monoisotopic (exact) mass is 609 g/mol. The largest absolute Gasteiger partial charge is 0.444 e. The predicted molar refractivity (Wildman–Crippen MR) is 153 cm³/mol. The lowest BCUT2D eigenvalue weighted by Gasteiger charge is -2.45. The second-order valence-corrected chi connectivity index (χ2v) is 13.0. The molecule has 3 aromatic rings. The van der Waals surface area contributed by atoms with E-state index in [1.807, 2.05) is 19.9 Å². The van der Waals surface area contributed by atoms with Crippen LogP contribution in [0.4, 0.5) is 23.8 Å². The molecule has 3 atom stereocenters. The highest BCUT2D eigenvalue weighted by Gasteiger charge is 2.40. The van der Waals surface area contributed by atoms with Gasteiger partial charge >= 0.3 is 18.0 Å². The van der Waals surface area contributed by atoms with E-state index in [-0.39, 0.29) is 53.7 Å². The van der Waals surface area contributed by atoms with E-state index >= 15 is 0 Å². The standard InChI is InChI=1S/C28H31ClF3N5O3S/c1-15-11-35(12-16(2)37(15)26(39)40-27(3,4)5)24-19-9-20(28(30,31)32)21(29)23-22(19)36(25(38)34-24)13-18(14-41-23)17-7-6-8-33-10-17/h6-10,15-16,18H,11-14H2,1-5H3/t15-,16+,18-/m0/s1. The van der Waals surface area contributed by atoms with Gasteiger partial charge in [0.15, 0.2) is 0 Å². The van der Waals surface area contributed by atoms with Gasteiger partial charge < -0.3 is 9.64 Å². The van der Waals surface area contributed by atoms with Gasteiger partial charge in [0.2, 0.25) is 0 Å². The molecular weight excluding hydrogens is 579 g/mol. The molecule has 8 nitrogen and oxygen atoms in total. The van der Waals surface area contributed by atoms with Crippen molar-refractivity contribution in [3.63, 3.8) is 0 Å². The van der Waals surface area contributed by atoms with Gasteiger partial charge in [-0.2, -0.15) is 18.2 Å². The number of halogens is 4. The number of hydrogen-bond donors (Lipinski definition) is 0. The van der Waals surface area contributed by atoms with Gasteiger partial charge in [-0.1, -0.05) is 17.7 Å². The maximum absolute atomic E-state index is 14.2. The molecule has 5 rings (SSSR count). The minimum absolute atomic E-state index is 0.146. The van der Waals surface area contributed by atoms with Gasteiger partial charge in [-0.05, 0) is 52.3 Å². The molecule has 2 aliphatic rings. The van der Waals surface area contributed by atoms with Crippen molar-refractivity contribution in [1.82, 2.24) is 19.4 Å². The first kappa shape index (κ1) is 29.5. The summed E-state index contributed by atoms with van der Waals surface area (Å²) in [6.07, 6.45) is -1.85. The van der Waals surface area contributed by atoms with Gasteiger partial charge in [0.05, 0.1) is 33.1 Å². The first-order valence-corrected chi connectivity index (χ1v) is 14.6. The molecule has 0 bridgehead atoms. The van der Waals surface area contributed by atoms with Crippen LogP contribution in [0.5, 0.6) is 0 Å². The Morgan fingerprint density at radius 3 is 2.41 bits per heavy atom. The molecular formula is C28H31ClF3N5O3S. The van der Waals surface area contributed by atoms with E-state index in [0.29, 0.717) is 11.3 Å². The minimum atomic E-state index is -4.72. The van der Waals surface area contributed by atoms with Crippen LogP contribution in [0.15, 0.2) is 40.3 Å². The van der Waals surface area contributed by atoms with Gasteiger partial charge in [-0.25, -0.2) is 9.59 Å². The summed E-state index contributed by atoms with van der Waals surface area (Å²) >= 11 is 7.63. The molecule has 0 spiro atoms. The minimum Gasteiger partial charge on any atom is -0.444 e. The molecule has 0 aliphatic carbocycles. The van der Waals surface area contributed by atoms with E-state index < -0.39 is 34.1 Å². The van der Waals surface area contributed by atoms with E-state index in [1.54, 1.807) is 49.0 Å². The van der Waals surface area contributed by atoms with Crippen molar-refractivity contribution in [1.29, 1.82) is 0 Å². The molecule has 1 fully saturated rings. The van der Waals surface area contributed by atoms with Gasteiger partial charge in [0.25, 0.3) is 0 Å². The lowest BCUT2D eigenvalue weighted by Crippen LogP contribution is -2.59. The third-order valence-corrected chi connectivity index (χ3v) is 9.01. The number of pyridine rings is 1. The summed E-state index contributed by atoms with van der Waals surface area (Å²) in [6, 6.07) is 3.95. The van der Waals surface area contributed by atoms with E-state index in [2.05, 4.69) is 9.97 Å². The number of benzene rings is 1. The lowest BCUT2D eigenvalue weighted by molar-refractivity contribution is -0.137. The molecule has 1 amide bonds. The number of piperazine rings is 1. The fourth-order valence-electron chi connectivity index (χ4n) is 5.56. The molecule has 4 heterocycles. The van der Waals surface area contributed by atoms with Gasteiger partial charge in [-0.3, -0.25) is 14.5 Å². The number of carbonyl (C=O) groups is 1. The Morgan fingerprint density at radius 1 is 1.15 bits per heavy atom. The fourth-order valence-corrected chi connectivity index (χ4v) is 7.24. The second kappa shape index (κ2) is 10.7. The highest BCUT2D eigenvalue weighted by Crippen LogP contribution is 2.47. The molecule has 0 unspecified atom stereocenters. The number of alkyl halides is 3. The Labute approximate surface area is 244 Å². The normalized spacial score (nSPS) is 21.6. The second-order valence-electron chi connectivity index (χ2n) is 11.6. The van der Waals surface area contributed by atoms with E-state index in [1.165, 1.54) is 16.3 Å². The molecule has 2 aliphatic heterocycles. The number of anilines is 1. The van der Waals surface area contributed by atoms with Crippen molar-refractivity contribution in [3.05, 3.63) is 57.2 Å². The number of amides is 1. The Bertz CT molecular complexity index is 1530. The van der Waals surface area contributed by atoms with Gasteiger partial charge in [-0.15, -0.1) is 11.8 Å². The number of thioether (sulfide) groups is 1. The van der Waals surface area contributed by atoms with E-state index in [4.69, 9.17) is 16.3 Å². The van der Waals surface area contributed by atoms with Crippen LogP contribution < -0.4 is 10.6 Å². The van der Waals surface area contributed by atoms with Gasteiger partial charge in [0, 0.05) is 49.1 Å². The van der Waals surface area contributed by atoms with Crippen molar-refractivity contribution >= 4 is 46.2 Å². The Kier molecular flexibility index (Phi) is 7.69. The van der Waals surface area contributed by atoms with Crippen LogP contribution in [0.25, 0.3) is 10.9 Å². The van der Waals surface area contributed by atoms with Crippen molar-refractivity contribution in [2.75, 3.05) is 23.7 Å². The molecule has 220 valence electrons. The molecule has 1 aromatic carbocycles. The van der Waals surface area contributed by atoms with Crippen LogP contribution in [-0.4, -0.2) is 62.1 Å². The highest BCUT2D eigenvalue weighted by molar-refractivity contribution is 7.99. The average Bonchev–Trinajstić information content (AvgIpc) is 3.07. The van der Waals surface area contributed by atoms with Crippen LogP contribution >= 0.6 is 23.4 Å². The summed E-state index contributed by atoms with van der Waals surface area (Å²) in [7, 11) is 0. The molecule has 0 saturated carbocycles. The molecule has 2 aromatic heterocycles. The molecule has 0 N–H and O–H groups in total. The summed E-state index contributed by atoms with van der Waals surface area (Å²) < 4.78 is 49.7. The van der Waals surface area contributed by atoms with Crippen LogP contribution in [-0.2, 0) is 17.5 Å². The maximum Gasteiger partial charge on any atom is 0.417 e. The van der Waals surface area contributed by atoms with Crippen molar-refractivity contribution in [2.45, 2.75) is 75.8 Å². The quantitative estimate of drug-likeness (QED) is 0.343. The lowest BCUT2D eigenvalue weighted by atomic mass is 10.0. The number of ether oxygens (including phenoxy) is 1. The van der Waals surface area contributed by atoms with Crippen molar-refractivity contribution in [3.8, 4) is 0 Å². The van der Waals surface area contributed by atoms with Crippen LogP contribution in [0.1, 0.15) is 51.7 Å². The Balaban J connectivity index is 1.63. The molecule has 13 heteroatoms. The van der Waals surface area contributed by atoms with E-state index in [9.17, 15) is 22.8 Å². The topological polar surface area (TPSA) is 80.6 Å². The number of carbonyl (C=O) groups excluding carboxylic acids is 1. The average molecular weight is 610 g/mol. The summed E-state index contributed by atoms with van der Waals surface area (Å²) in [5.74, 6) is 0.353. The maximum atomic E-state index is 14.2. The predicted octanol–water partition coefficient (Wildman–Crippen LogP) is 6.19. The molecule has 41 heavy (non-hydrogen) atoms. The first-order chi connectivity index (χ1) is 19.2. The third-order valence-electron chi connectivity index (χ3n) is 7.25. The Hall–Kier alpha value is -2.99. The zero-order valence-electron chi connectivity index (χ0n) is 23.3. The summed E-state index contributed by atoms with van der Waals surface area (Å²) in [6.45, 7) is 9.74. The van der Waals surface area contributed by atoms with Gasteiger partial charge in [0.1, 0.15) is 11.4 Å². The first-order valence-electron chi connectivity index (χ1n) is 13.3. The summed E-state index contributed by atoms with van der Waals surface area (Å²) in [5, 5.41) is -0.232. The van der Waals surface area contributed by atoms with Crippen LogP contribution in [0.3, 0.4) is 0 Å². The number of rotatable bonds is 2. The number of nitrogens with zero attached hydrogens (tertiary/aromatic N) is 5. The number of aromatic nitrogens is 3. The smallest absolute Gasteiger partial charge is 0.417 e. The summed E-state index contributed by atoms with van der Waals surface area (Å²) in [4.78, 5) is 38.6. The van der Waals surface area contributed by atoms with E-state index in [0.717, 1.165) is 11.6 Å². The molecule has 0 radical (unpaired) electrons. The van der Waals surface area contributed by atoms with Crippen LogP contribution in [0.2, 0.25) is 5.02 Å². The molecule has 1 saturated heterocycles. The van der Waals surface area contributed by atoms with Crippen molar-refractivity contribution < 1.29 is 22.7 Å². The third kappa shape index (κ3) is 5.73. The zero-order chi connectivity index (χ0) is 29.9. The fraction of sp³-hybridized carbons (Fsp3) is 0.500. The highest BCUT2D eigenvalue weighted by atomic mass is 35.5. The van der Waals surface area contributed by atoms with Crippen molar-refractivity contribution in [2.24, 2.45) is 0 Å². The number of hydrogen-bond acceptors (Lipinski definition) is 7. The SMILES string of the molecule is C[C@@H]1CN(c2nc(=O)n3c4c(c(Cl)c(C(F)(F)F)cc24)SC[C@@H](c2cccnc2)C3)C[C@H](C)N1C(=O)OC(C)(C)C. The summed E-state index contributed by atoms with van der Waals surface area (Å²) in [5.41, 5.74) is -1.03. The van der Waals surface area contributed by atoms with Crippen LogP contribution in [0, 0.1) is 0 Å². The Morgan fingerprint density at radius 2 is 1.83 bits per heavy atom. The zero-order valence-corrected chi connectivity index (χ0v) is 24.9.